The highest BCUT2D eigenvalue weighted by Gasteiger charge is 2.21. The second kappa shape index (κ2) is 6.81. The van der Waals surface area contributed by atoms with Gasteiger partial charge in [-0.3, -0.25) is 4.98 Å². The lowest BCUT2D eigenvalue weighted by molar-refractivity contribution is 1.06. The molecule has 0 amide bonds. The molecule has 0 atom stereocenters. The fraction of sp³-hybridized carbons (Fsp3) is 0.111. The van der Waals surface area contributed by atoms with E-state index in [4.69, 9.17) is 0 Å². The Bertz CT molecular complexity index is 1430. The molecule has 0 unspecified atom stereocenters. The summed E-state index contributed by atoms with van der Waals surface area (Å²) >= 11 is 0. The van der Waals surface area contributed by atoms with E-state index in [-0.39, 0.29) is 0 Å². The summed E-state index contributed by atoms with van der Waals surface area (Å²) in [6.45, 7) is 2.02. The van der Waals surface area contributed by atoms with Crippen molar-refractivity contribution in [3.63, 3.8) is 0 Å². The molecule has 0 radical (unpaired) electrons. The Labute approximate surface area is 181 Å². The van der Waals surface area contributed by atoms with Gasteiger partial charge in [0.1, 0.15) is 5.65 Å². The predicted molar refractivity (Wildman–Crippen MR) is 127 cm³/mol. The first-order valence-electron chi connectivity index (χ1n) is 10.5. The largest absolute Gasteiger partial charge is 0.346 e. The Morgan fingerprint density at radius 1 is 0.742 bits per heavy atom. The van der Waals surface area contributed by atoms with Crippen LogP contribution in [0.25, 0.3) is 33.3 Å². The maximum Gasteiger partial charge on any atom is 0.137 e. The second-order valence-corrected chi connectivity index (χ2v) is 8.25. The SMILES string of the molecule is Cc1ccc(-c2ccc3c(c2)Cc2cc(-c4cnc5[nH]ccc5c4)ccc2N3C)cn1. The van der Waals surface area contributed by atoms with Crippen molar-refractivity contribution in [1.82, 2.24) is 15.0 Å². The molecule has 3 aromatic heterocycles. The zero-order valence-electron chi connectivity index (χ0n) is 17.6. The van der Waals surface area contributed by atoms with Crippen molar-refractivity contribution in [2.24, 2.45) is 0 Å². The van der Waals surface area contributed by atoms with Crippen molar-refractivity contribution in [2.45, 2.75) is 13.3 Å². The topological polar surface area (TPSA) is 44.8 Å². The number of nitrogens with zero attached hydrogens (tertiary/aromatic N) is 3. The second-order valence-electron chi connectivity index (χ2n) is 8.25. The van der Waals surface area contributed by atoms with Crippen LogP contribution in [0.1, 0.15) is 16.8 Å². The molecule has 1 aliphatic heterocycles. The third kappa shape index (κ3) is 2.99. The van der Waals surface area contributed by atoms with E-state index in [1.165, 1.54) is 33.6 Å². The first-order chi connectivity index (χ1) is 15.2. The van der Waals surface area contributed by atoms with E-state index in [0.29, 0.717) is 0 Å². The lowest BCUT2D eigenvalue weighted by Gasteiger charge is -2.31. The third-order valence-corrected chi connectivity index (χ3v) is 6.24. The van der Waals surface area contributed by atoms with Gasteiger partial charge in [0.05, 0.1) is 0 Å². The van der Waals surface area contributed by atoms with Gasteiger partial charge in [0.25, 0.3) is 0 Å². The summed E-state index contributed by atoms with van der Waals surface area (Å²) in [7, 11) is 2.15. The maximum atomic E-state index is 4.56. The molecule has 0 bridgehead atoms. The number of aromatic amines is 1. The van der Waals surface area contributed by atoms with Gasteiger partial charge in [0, 0.05) is 65.6 Å². The smallest absolute Gasteiger partial charge is 0.137 e. The Morgan fingerprint density at radius 3 is 2.13 bits per heavy atom. The number of rotatable bonds is 2. The number of hydrogen-bond acceptors (Lipinski definition) is 3. The molecule has 4 heterocycles. The molecular weight excluding hydrogens is 380 g/mol. The van der Waals surface area contributed by atoms with Crippen molar-refractivity contribution in [1.29, 1.82) is 0 Å². The fourth-order valence-corrected chi connectivity index (χ4v) is 4.54. The number of anilines is 2. The van der Waals surface area contributed by atoms with E-state index in [1.54, 1.807) is 0 Å². The van der Waals surface area contributed by atoms with Gasteiger partial charge in [-0.1, -0.05) is 18.2 Å². The summed E-state index contributed by atoms with van der Waals surface area (Å²) in [4.78, 5) is 14.5. The molecule has 0 fully saturated rings. The number of H-pyrrole nitrogens is 1. The molecule has 5 aromatic rings. The standard InChI is InChI=1S/C27H22N4/c1-17-3-4-21(15-29-17)18-5-7-25-22(11-18)14-23-12-19(6-8-26(23)31(25)2)24-13-20-9-10-28-27(20)30-16-24/h3-13,15-16H,14H2,1-2H3,(H,28,30). The minimum atomic E-state index is 0.913. The molecule has 0 spiro atoms. The molecule has 2 aromatic carbocycles. The maximum absolute atomic E-state index is 4.56. The number of hydrogen-bond donors (Lipinski definition) is 1. The van der Waals surface area contributed by atoms with Crippen LogP contribution in [0.2, 0.25) is 0 Å². The van der Waals surface area contributed by atoms with Gasteiger partial charge in [0.2, 0.25) is 0 Å². The third-order valence-electron chi connectivity index (χ3n) is 6.24. The van der Waals surface area contributed by atoms with Crippen molar-refractivity contribution in [3.8, 4) is 22.3 Å². The quantitative estimate of drug-likeness (QED) is 0.378. The van der Waals surface area contributed by atoms with E-state index in [0.717, 1.165) is 34.3 Å². The summed E-state index contributed by atoms with van der Waals surface area (Å²) in [6, 6.07) is 21.9. The van der Waals surface area contributed by atoms with Crippen molar-refractivity contribution >= 4 is 22.4 Å². The highest BCUT2D eigenvalue weighted by atomic mass is 15.1. The lowest BCUT2D eigenvalue weighted by atomic mass is 9.91. The first kappa shape index (κ1) is 17.9. The van der Waals surface area contributed by atoms with Crippen LogP contribution in [0, 0.1) is 6.92 Å². The predicted octanol–water partition coefficient (Wildman–Crippen LogP) is 6.27. The molecule has 0 saturated heterocycles. The average molecular weight is 403 g/mol. The van der Waals surface area contributed by atoms with Gasteiger partial charge in [0.15, 0.2) is 0 Å². The first-order valence-corrected chi connectivity index (χ1v) is 10.5. The Balaban J connectivity index is 1.40. The minimum absolute atomic E-state index is 0.913. The molecule has 4 nitrogen and oxygen atoms in total. The van der Waals surface area contributed by atoms with Crippen LogP contribution < -0.4 is 4.90 Å². The summed E-state index contributed by atoms with van der Waals surface area (Å²) in [5, 5.41) is 1.13. The van der Waals surface area contributed by atoms with Gasteiger partial charge < -0.3 is 9.88 Å². The van der Waals surface area contributed by atoms with Crippen LogP contribution in [0.4, 0.5) is 11.4 Å². The Morgan fingerprint density at radius 2 is 1.42 bits per heavy atom. The zero-order chi connectivity index (χ0) is 20.9. The number of benzene rings is 2. The van der Waals surface area contributed by atoms with Gasteiger partial charge in [-0.05, 0) is 71.6 Å². The van der Waals surface area contributed by atoms with Crippen LogP contribution in [0.15, 0.2) is 79.3 Å². The van der Waals surface area contributed by atoms with Gasteiger partial charge in [-0.2, -0.15) is 0 Å². The van der Waals surface area contributed by atoms with Gasteiger partial charge in [-0.15, -0.1) is 0 Å². The summed E-state index contributed by atoms with van der Waals surface area (Å²) in [6.07, 6.45) is 6.75. The number of nitrogens with one attached hydrogen (secondary N) is 1. The molecule has 6 rings (SSSR count). The highest BCUT2D eigenvalue weighted by Crippen LogP contribution is 2.40. The monoisotopic (exact) mass is 402 g/mol. The number of aromatic nitrogens is 3. The van der Waals surface area contributed by atoms with Crippen LogP contribution in [0.5, 0.6) is 0 Å². The van der Waals surface area contributed by atoms with Crippen LogP contribution in [-0.4, -0.2) is 22.0 Å². The summed E-state index contributed by atoms with van der Waals surface area (Å²) in [5.41, 5.74) is 11.9. The van der Waals surface area contributed by atoms with Gasteiger partial charge >= 0.3 is 0 Å². The molecule has 0 saturated carbocycles. The molecule has 0 aliphatic carbocycles. The van der Waals surface area contributed by atoms with Gasteiger partial charge in [-0.25, -0.2) is 4.98 Å². The van der Waals surface area contributed by atoms with E-state index in [9.17, 15) is 0 Å². The summed E-state index contributed by atoms with van der Waals surface area (Å²) < 4.78 is 0. The highest BCUT2D eigenvalue weighted by molar-refractivity contribution is 5.84. The van der Waals surface area contributed by atoms with Crippen molar-refractivity contribution in [2.75, 3.05) is 11.9 Å². The molecule has 1 aliphatic rings. The Kier molecular flexibility index (Phi) is 3.93. The molecule has 1 N–H and O–H groups in total. The number of aryl methyl sites for hydroxylation is 1. The van der Waals surface area contributed by atoms with Crippen molar-refractivity contribution < 1.29 is 0 Å². The van der Waals surface area contributed by atoms with E-state index in [1.807, 2.05) is 25.5 Å². The van der Waals surface area contributed by atoms with E-state index in [2.05, 4.69) is 87.6 Å². The number of fused-ring (bicyclic) bond motifs is 3. The zero-order valence-corrected chi connectivity index (χ0v) is 17.6. The summed E-state index contributed by atoms with van der Waals surface area (Å²) in [5.74, 6) is 0. The normalized spacial score (nSPS) is 12.6. The van der Waals surface area contributed by atoms with E-state index >= 15 is 0 Å². The molecular formula is C27H22N4. The molecule has 150 valence electrons. The Hall–Kier alpha value is -3.92. The van der Waals surface area contributed by atoms with Crippen molar-refractivity contribution in [3.05, 3.63) is 96.1 Å². The molecule has 4 heteroatoms. The van der Waals surface area contributed by atoms with Crippen LogP contribution in [0.3, 0.4) is 0 Å². The molecule has 31 heavy (non-hydrogen) atoms. The average Bonchev–Trinajstić information content (AvgIpc) is 3.27. The van der Waals surface area contributed by atoms with Crippen LogP contribution in [-0.2, 0) is 6.42 Å². The van der Waals surface area contributed by atoms with Crippen LogP contribution >= 0.6 is 0 Å². The fourth-order valence-electron chi connectivity index (χ4n) is 4.54. The lowest BCUT2D eigenvalue weighted by Crippen LogP contribution is -2.18. The number of pyridine rings is 2. The van der Waals surface area contributed by atoms with E-state index < -0.39 is 0 Å². The minimum Gasteiger partial charge on any atom is -0.346 e.